The largest absolute Gasteiger partial charge is 0.417 e. The molecule has 1 atom stereocenters. The molecule has 3 heterocycles. The van der Waals surface area contributed by atoms with Crippen LogP contribution in [-0.2, 0) is 17.5 Å². The molecule has 2 N–H and O–H groups in total. The number of benzene rings is 1. The van der Waals surface area contributed by atoms with Crippen molar-refractivity contribution in [3.8, 4) is 0 Å². The van der Waals surface area contributed by atoms with Gasteiger partial charge < -0.3 is 10.2 Å². The van der Waals surface area contributed by atoms with Crippen LogP contribution in [0.15, 0.2) is 47.7 Å². The van der Waals surface area contributed by atoms with Crippen molar-refractivity contribution in [1.29, 1.82) is 0 Å². The van der Waals surface area contributed by atoms with Crippen molar-refractivity contribution in [2.45, 2.75) is 104 Å². The van der Waals surface area contributed by atoms with Crippen molar-refractivity contribution < 1.29 is 22.8 Å². The Morgan fingerprint density at radius 3 is 2.32 bits per heavy atom. The number of hydrogen-bond acceptors (Lipinski definition) is 7. The number of carbonyl (C=O) groups excluding carboxylic acids is 2. The number of amides is 2. The van der Waals surface area contributed by atoms with Crippen LogP contribution in [-0.4, -0.2) is 53.7 Å². The van der Waals surface area contributed by atoms with E-state index in [0.717, 1.165) is 43.3 Å². The van der Waals surface area contributed by atoms with Crippen molar-refractivity contribution in [1.82, 2.24) is 35.8 Å². The van der Waals surface area contributed by atoms with Gasteiger partial charge in [0.1, 0.15) is 11.4 Å². The molecule has 1 spiro atoms. The van der Waals surface area contributed by atoms with E-state index in [9.17, 15) is 22.8 Å². The van der Waals surface area contributed by atoms with E-state index in [4.69, 9.17) is 4.99 Å². The maximum absolute atomic E-state index is 14.6. The first kappa shape index (κ1) is 34.2. The molecule has 252 valence electrons. The highest BCUT2D eigenvalue weighted by atomic mass is 19.4. The third kappa shape index (κ3) is 7.54. The first-order valence-corrected chi connectivity index (χ1v) is 16.0. The van der Waals surface area contributed by atoms with Gasteiger partial charge in [-0.05, 0) is 79.0 Å². The fourth-order valence-electron chi connectivity index (χ4n) is 6.74. The minimum atomic E-state index is -4.68. The molecule has 1 aliphatic carbocycles. The summed E-state index contributed by atoms with van der Waals surface area (Å²) in [5.41, 5.74) is -1.27. The van der Waals surface area contributed by atoms with E-state index in [0.29, 0.717) is 36.6 Å². The highest BCUT2D eigenvalue weighted by Gasteiger charge is 2.53. The van der Waals surface area contributed by atoms with Crippen LogP contribution in [0.2, 0.25) is 0 Å². The highest BCUT2D eigenvalue weighted by Crippen LogP contribution is 2.50. The number of pyridine rings is 1. The summed E-state index contributed by atoms with van der Waals surface area (Å²) in [6, 6.07) is 7.44. The Morgan fingerprint density at radius 1 is 1.06 bits per heavy atom. The van der Waals surface area contributed by atoms with Gasteiger partial charge in [0.25, 0.3) is 11.8 Å². The predicted molar refractivity (Wildman–Crippen MR) is 170 cm³/mol. The molecule has 1 saturated carbocycles. The van der Waals surface area contributed by atoms with E-state index in [-0.39, 0.29) is 34.6 Å². The summed E-state index contributed by atoms with van der Waals surface area (Å²) >= 11 is 0. The fraction of sp³-hybridized carbons (Fsp3) is 0.559. The quantitative estimate of drug-likeness (QED) is 0.280. The monoisotopic (exact) mass is 652 g/mol. The second kappa shape index (κ2) is 12.8. The number of hydrogen-bond donors (Lipinski definition) is 2. The molecular formula is C34H43F3N8O2. The molecule has 0 unspecified atom stereocenters. The molecule has 2 aromatic heterocycles. The lowest BCUT2D eigenvalue weighted by molar-refractivity contribution is -0.137. The van der Waals surface area contributed by atoms with Crippen LogP contribution in [0.3, 0.4) is 0 Å². The first-order valence-electron chi connectivity index (χ1n) is 16.0. The second-order valence-corrected chi connectivity index (χ2v) is 14.9. The zero-order valence-electron chi connectivity index (χ0n) is 27.8. The van der Waals surface area contributed by atoms with Crippen LogP contribution in [0.1, 0.15) is 119 Å². The first-order chi connectivity index (χ1) is 22.0. The number of aliphatic imine (C=N–C) groups is 1. The number of alkyl halides is 3. The van der Waals surface area contributed by atoms with Gasteiger partial charge in [-0.2, -0.15) is 18.4 Å². The third-order valence-corrected chi connectivity index (χ3v) is 9.42. The standard InChI is InChI=1S/C34H43F3N8O2/c1-31(2,3)15-13-26(21-7-9-22(10-8-21)29(46)39-20-27-41-43-44-42-27)45-30(47)28(24-19-38-18-14-25(24)34(35,36)37)40-33(45)16-11-23(12-17-33)32(4,5)6/h7-10,14,18-19,23,26H,11-13,15-17,20H2,1-6H3,(H,39,46)(H,41,42,43,44)/t23?,26-,33?/m1/s1. The Morgan fingerprint density at radius 2 is 1.74 bits per heavy atom. The van der Waals surface area contributed by atoms with E-state index < -0.39 is 29.4 Å². The number of halogens is 3. The summed E-state index contributed by atoms with van der Waals surface area (Å²) in [5, 5.41) is 16.3. The minimum Gasteiger partial charge on any atom is -0.345 e. The maximum Gasteiger partial charge on any atom is 0.417 e. The van der Waals surface area contributed by atoms with Gasteiger partial charge in [-0.15, -0.1) is 10.2 Å². The molecule has 47 heavy (non-hydrogen) atoms. The van der Waals surface area contributed by atoms with E-state index >= 15 is 0 Å². The van der Waals surface area contributed by atoms with Gasteiger partial charge in [-0.1, -0.05) is 58.9 Å². The third-order valence-electron chi connectivity index (χ3n) is 9.42. The van der Waals surface area contributed by atoms with Crippen molar-refractivity contribution in [2.24, 2.45) is 21.7 Å². The van der Waals surface area contributed by atoms with Gasteiger partial charge >= 0.3 is 6.18 Å². The van der Waals surface area contributed by atoms with Gasteiger partial charge in [-0.25, -0.2) is 0 Å². The molecule has 13 heteroatoms. The molecule has 1 aromatic carbocycles. The maximum atomic E-state index is 14.6. The fourth-order valence-corrected chi connectivity index (χ4v) is 6.74. The van der Waals surface area contributed by atoms with Gasteiger partial charge in [0, 0.05) is 23.5 Å². The number of H-pyrrole nitrogens is 1. The number of nitrogens with one attached hydrogen (secondary N) is 2. The van der Waals surface area contributed by atoms with Crippen LogP contribution in [0.4, 0.5) is 13.2 Å². The van der Waals surface area contributed by atoms with Gasteiger partial charge in [0.05, 0.1) is 18.2 Å². The summed E-state index contributed by atoms with van der Waals surface area (Å²) in [6.07, 6.45) is 1.45. The average molecular weight is 653 g/mol. The van der Waals surface area contributed by atoms with Crippen molar-refractivity contribution in [2.75, 3.05) is 0 Å². The summed E-state index contributed by atoms with van der Waals surface area (Å²) in [6.45, 7) is 13.0. The minimum absolute atomic E-state index is 0.0418. The number of nitrogens with zero attached hydrogens (tertiary/aromatic N) is 6. The Bertz CT molecular complexity index is 1600. The molecule has 3 aromatic rings. The van der Waals surface area contributed by atoms with E-state index in [2.05, 4.69) is 72.5 Å². The van der Waals surface area contributed by atoms with E-state index in [1.807, 2.05) is 12.1 Å². The second-order valence-electron chi connectivity index (χ2n) is 14.9. The lowest BCUT2D eigenvalue weighted by atomic mass is 9.69. The molecule has 10 nitrogen and oxygen atoms in total. The number of tetrazole rings is 1. The summed E-state index contributed by atoms with van der Waals surface area (Å²) < 4.78 is 42.6. The van der Waals surface area contributed by atoms with Crippen molar-refractivity contribution in [3.63, 3.8) is 0 Å². The normalized spacial score (nSPS) is 21.2. The van der Waals surface area contributed by atoms with Crippen molar-refractivity contribution in [3.05, 3.63) is 70.8 Å². The zero-order chi connectivity index (χ0) is 34.2. The van der Waals surface area contributed by atoms with Gasteiger partial charge in [-0.3, -0.25) is 19.6 Å². The van der Waals surface area contributed by atoms with Crippen LogP contribution >= 0.6 is 0 Å². The molecule has 1 fully saturated rings. The lowest BCUT2D eigenvalue weighted by Crippen LogP contribution is -2.51. The van der Waals surface area contributed by atoms with Crippen LogP contribution in [0.25, 0.3) is 0 Å². The summed E-state index contributed by atoms with van der Waals surface area (Å²) in [7, 11) is 0. The molecule has 0 saturated heterocycles. The van der Waals surface area contributed by atoms with Gasteiger partial charge in [0.15, 0.2) is 5.82 Å². The molecular weight excluding hydrogens is 609 g/mol. The van der Waals surface area contributed by atoms with Crippen LogP contribution in [0.5, 0.6) is 0 Å². The molecule has 0 radical (unpaired) electrons. The highest BCUT2D eigenvalue weighted by molar-refractivity contribution is 6.47. The van der Waals surface area contributed by atoms with Gasteiger partial charge in [0.2, 0.25) is 0 Å². The van der Waals surface area contributed by atoms with Crippen LogP contribution < -0.4 is 5.32 Å². The molecule has 2 aliphatic rings. The topological polar surface area (TPSA) is 129 Å². The summed E-state index contributed by atoms with van der Waals surface area (Å²) in [4.78, 5) is 38.1. The van der Waals surface area contributed by atoms with E-state index in [1.165, 1.54) is 0 Å². The lowest BCUT2D eigenvalue weighted by Gasteiger charge is -2.47. The zero-order valence-corrected chi connectivity index (χ0v) is 27.8. The average Bonchev–Trinajstić information content (AvgIpc) is 3.62. The number of aromatic amines is 1. The molecule has 5 rings (SSSR count). The Balaban J connectivity index is 1.54. The Kier molecular flexibility index (Phi) is 9.31. The number of aromatic nitrogens is 5. The molecule has 2 amide bonds. The van der Waals surface area contributed by atoms with E-state index in [1.54, 1.807) is 17.0 Å². The number of carbonyl (C=O) groups is 2. The van der Waals surface area contributed by atoms with Crippen molar-refractivity contribution >= 4 is 17.5 Å². The van der Waals surface area contributed by atoms with Crippen LogP contribution in [0, 0.1) is 16.7 Å². The Hall–Kier alpha value is -4.16. The summed E-state index contributed by atoms with van der Waals surface area (Å²) in [5.74, 6) is -0.136. The number of rotatable bonds is 8. The molecule has 0 bridgehead atoms. The Labute approximate surface area is 273 Å². The smallest absolute Gasteiger partial charge is 0.345 e. The SMILES string of the molecule is CC(C)(C)CC[C@H](c1ccc(C(=O)NCc2nn[nH]n2)cc1)N1C(=O)C(c2cnccc2C(F)(F)F)=NC12CCC(C(C)(C)C)CC2. The molecule has 1 aliphatic heterocycles. The predicted octanol–water partition coefficient (Wildman–Crippen LogP) is 6.68.